The molecule has 15 atom stereocenters. The smallest absolute Gasteiger partial charge is 0.308 e. The molecule has 1 aromatic carbocycles. The number of ketones is 1. The normalized spacial score (nSPS) is 37.2. The van der Waals surface area contributed by atoms with Crippen LogP contribution in [0.2, 0.25) is 0 Å². The Morgan fingerprint density at radius 3 is 2.38 bits per heavy atom. The number of hydrogen-bond acceptors (Lipinski definition) is 17. The number of hydrogen-bond donors (Lipinski definition) is 5. The summed E-state index contributed by atoms with van der Waals surface area (Å²) >= 11 is 1.33. The summed E-state index contributed by atoms with van der Waals surface area (Å²) in [5.74, 6) is -1.66. The Kier molecular flexibility index (Phi) is 18.1. The number of cyclic esters (lactones) is 1. The van der Waals surface area contributed by atoms with E-state index in [0.29, 0.717) is 32.4 Å². The van der Waals surface area contributed by atoms with E-state index in [9.17, 15) is 30.0 Å². The summed E-state index contributed by atoms with van der Waals surface area (Å²) in [5, 5.41) is 52.7. The number of aliphatic hydroxyl groups excluding tert-OH is 3. The topological polar surface area (TPSA) is 211 Å². The first-order valence-electron chi connectivity index (χ1n) is 21.2. The molecule has 0 saturated carbocycles. The van der Waals surface area contributed by atoms with E-state index < -0.39 is 103 Å². The number of esters is 1. The van der Waals surface area contributed by atoms with Gasteiger partial charge in [0.25, 0.3) is 0 Å². The minimum absolute atomic E-state index is 0.0113. The number of allylic oxidation sites excluding steroid dienone is 3. The van der Waals surface area contributed by atoms with Gasteiger partial charge in [0, 0.05) is 32.4 Å². The number of carbonyl (C=O) groups is 2. The van der Waals surface area contributed by atoms with Gasteiger partial charge in [-0.15, -0.1) is 5.10 Å². The van der Waals surface area contributed by atoms with Crippen molar-refractivity contribution in [2.24, 2.45) is 11.8 Å². The van der Waals surface area contributed by atoms with Gasteiger partial charge in [-0.1, -0.05) is 53.9 Å². The molecule has 4 heterocycles. The van der Waals surface area contributed by atoms with E-state index in [1.54, 1.807) is 58.1 Å². The van der Waals surface area contributed by atoms with Crippen molar-refractivity contribution in [2.45, 2.75) is 152 Å². The molecule has 0 spiro atoms. The molecule has 0 aliphatic carbocycles. The standard InChI is InChI=1S/C44H66N4O12S/c1-25-20-31(18-19-45-23-29-14-16-30(17-15-29)34-24-46-47-61-34)40(41(55-8)33(50)21-35(51)56-26(2)12-10-9-11-13-32(25)49)60-43-38(52)37(48(6)7)39(27(3)58-43)59-36-22-44(5,54)42(53)28(4)57-36/h9-11,13-17,24-28,31,33,36-43,45,50,52-54H,12,18-23H2,1-8H3/t25-,26-,27-,28+,31+,33-,36+,37-,38-,39-,40+,41+,42+,43+,44-/m1/s1. The first-order chi connectivity index (χ1) is 29.0. The number of rotatable bonds is 12. The number of nitrogens with zero attached hydrogens (tertiary/aromatic N) is 3. The number of ether oxygens (including phenoxy) is 6. The Balaban J connectivity index is 1.42. The lowest BCUT2D eigenvalue weighted by Gasteiger charge is -2.50. The average molecular weight is 875 g/mol. The third kappa shape index (κ3) is 13.2. The van der Waals surface area contributed by atoms with Crippen LogP contribution in [-0.4, -0.2) is 154 Å². The zero-order valence-corrected chi connectivity index (χ0v) is 37.4. The van der Waals surface area contributed by atoms with Gasteiger partial charge in [0.05, 0.1) is 53.6 Å². The minimum atomic E-state index is -1.47. The lowest BCUT2D eigenvalue weighted by Crippen LogP contribution is -2.65. The molecule has 0 radical (unpaired) electrons. The number of aromatic nitrogens is 2. The van der Waals surface area contributed by atoms with E-state index >= 15 is 0 Å². The summed E-state index contributed by atoms with van der Waals surface area (Å²) in [4.78, 5) is 29.5. The zero-order chi connectivity index (χ0) is 44.4. The number of nitrogens with one attached hydrogen (secondary N) is 1. The number of benzene rings is 1. The fraction of sp³-hybridized carbons (Fsp3) is 0.682. The molecule has 2 saturated heterocycles. The Bertz CT molecular complexity index is 1730. The highest BCUT2D eigenvalue weighted by atomic mass is 32.1. The maximum atomic E-state index is 13.5. The van der Waals surface area contributed by atoms with Gasteiger partial charge in [-0.3, -0.25) is 9.59 Å². The first kappa shape index (κ1) is 49.0. The van der Waals surface area contributed by atoms with Crippen molar-refractivity contribution in [1.29, 1.82) is 0 Å². The van der Waals surface area contributed by atoms with E-state index in [2.05, 4.69) is 14.9 Å². The van der Waals surface area contributed by atoms with Crippen molar-refractivity contribution >= 4 is 23.3 Å². The maximum absolute atomic E-state index is 13.5. The number of likely N-dealkylation sites (N-methyl/N-ethyl adjacent to an activating group) is 1. The molecule has 3 aliphatic rings. The molecular formula is C44H66N4O12S. The van der Waals surface area contributed by atoms with Crippen LogP contribution >= 0.6 is 11.5 Å². The third-order valence-electron chi connectivity index (χ3n) is 11.9. The molecule has 17 heteroatoms. The largest absolute Gasteiger partial charge is 0.462 e. The number of aliphatic hydroxyl groups is 4. The second-order valence-corrected chi connectivity index (χ2v) is 18.0. The van der Waals surface area contributed by atoms with Gasteiger partial charge in [0.1, 0.15) is 30.5 Å². The Hall–Kier alpha value is -3.04. The van der Waals surface area contributed by atoms with E-state index in [4.69, 9.17) is 28.4 Å². The van der Waals surface area contributed by atoms with Gasteiger partial charge < -0.3 is 59.1 Å². The van der Waals surface area contributed by atoms with Gasteiger partial charge in [-0.05, 0) is 95.8 Å². The molecular weight excluding hydrogens is 809 g/mol. The predicted octanol–water partition coefficient (Wildman–Crippen LogP) is 3.16. The first-order valence-corrected chi connectivity index (χ1v) is 22.0. The van der Waals surface area contributed by atoms with Gasteiger partial charge in [-0.25, -0.2) is 0 Å². The average Bonchev–Trinajstić information content (AvgIpc) is 3.74. The van der Waals surface area contributed by atoms with Crippen molar-refractivity contribution in [1.82, 2.24) is 19.8 Å². The van der Waals surface area contributed by atoms with Crippen molar-refractivity contribution in [3.8, 4) is 10.4 Å². The SMILES string of the molecule is CO[C@@H]1[C@@H](O[C@@H]2O[C@H](C)[C@@H](O[C@H]3C[C@@](C)(O)[C@@H](O)[C@H](C)O3)[C@H](N(C)C)[C@H]2O)[C@@H](CCNCc2ccc(-c3cnns3)cc2)C[C@@H](C)C(=O)C=CC=CC[C@@H](C)OC(=O)C[C@H]1O. The van der Waals surface area contributed by atoms with Gasteiger partial charge in [0.2, 0.25) is 0 Å². The van der Waals surface area contributed by atoms with Crippen molar-refractivity contribution in [2.75, 3.05) is 27.7 Å². The molecule has 0 amide bonds. The number of methoxy groups -OCH3 is 1. The highest BCUT2D eigenvalue weighted by Gasteiger charge is 2.51. The van der Waals surface area contributed by atoms with E-state index in [1.165, 1.54) is 31.6 Å². The molecule has 2 aromatic rings. The van der Waals surface area contributed by atoms with Gasteiger partial charge in [-0.2, -0.15) is 0 Å². The second-order valence-electron chi connectivity index (χ2n) is 17.2. The molecule has 16 nitrogen and oxygen atoms in total. The zero-order valence-electron chi connectivity index (χ0n) is 36.5. The fourth-order valence-electron chi connectivity index (χ4n) is 8.47. The molecule has 340 valence electrons. The second kappa shape index (κ2) is 22.5. The molecule has 1 aromatic heterocycles. The van der Waals surface area contributed by atoms with Crippen LogP contribution in [0.3, 0.4) is 0 Å². The highest BCUT2D eigenvalue weighted by Crippen LogP contribution is 2.36. The van der Waals surface area contributed by atoms with Crippen LogP contribution in [0.15, 0.2) is 54.8 Å². The molecule has 5 N–H and O–H groups in total. The van der Waals surface area contributed by atoms with Crippen molar-refractivity contribution in [3.63, 3.8) is 0 Å². The van der Waals surface area contributed by atoms with Crippen LogP contribution in [0.4, 0.5) is 0 Å². The lowest BCUT2D eigenvalue weighted by atomic mass is 9.82. The summed E-state index contributed by atoms with van der Waals surface area (Å²) in [6.07, 6.45) is -1.50. The van der Waals surface area contributed by atoms with Gasteiger partial charge >= 0.3 is 5.97 Å². The van der Waals surface area contributed by atoms with E-state index in [1.807, 2.05) is 37.3 Å². The van der Waals surface area contributed by atoms with Gasteiger partial charge in [0.15, 0.2) is 18.4 Å². The Morgan fingerprint density at radius 2 is 1.72 bits per heavy atom. The van der Waals surface area contributed by atoms with Crippen molar-refractivity contribution in [3.05, 3.63) is 60.3 Å². The quantitative estimate of drug-likeness (QED) is 0.153. The fourth-order valence-corrected chi connectivity index (χ4v) is 8.99. The lowest BCUT2D eigenvalue weighted by molar-refractivity contribution is -0.344. The third-order valence-corrected chi connectivity index (χ3v) is 12.6. The van der Waals surface area contributed by atoms with E-state index in [-0.39, 0.29) is 12.2 Å². The van der Waals surface area contributed by atoms with Crippen LogP contribution in [0.1, 0.15) is 72.3 Å². The highest BCUT2D eigenvalue weighted by molar-refractivity contribution is 7.09. The molecule has 3 aliphatic heterocycles. The van der Waals surface area contributed by atoms with Crippen LogP contribution in [0.5, 0.6) is 0 Å². The summed E-state index contributed by atoms with van der Waals surface area (Å²) in [7, 11) is 5.00. The monoisotopic (exact) mass is 874 g/mol. The molecule has 0 bridgehead atoms. The summed E-state index contributed by atoms with van der Waals surface area (Å²) in [6, 6.07) is 7.40. The van der Waals surface area contributed by atoms with Crippen molar-refractivity contribution < 1.29 is 58.4 Å². The molecule has 0 unspecified atom stereocenters. The van der Waals surface area contributed by atoms with Crippen LogP contribution in [0.25, 0.3) is 10.4 Å². The summed E-state index contributed by atoms with van der Waals surface area (Å²) < 4.78 is 41.1. The summed E-state index contributed by atoms with van der Waals surface area (Å²) in [5.41, 5.74) is 0.610. The van der Waals surface area contributed by atoms with Crippen LogP contribution in [-0.2, 0) is 44.6 Å². The minimum Gasteiger partial charge on any atom is -0.462 e. The van der Waals surface area contributed by atoms with Crippen LogP contribution in [0, 0.1) is 11.8 Å². The van der Waals surface area contributed by atoms with Crippen LogP contribution < -0.4 is 5.32 Å². The molecule has 61 heavy (non-hydrogen) atoms. The Morgan fingerprint density at radius 1 is 0.984 bits per heavy atom. The molecule has 2 fully saturated rings. The van der Waals surface area contributed by atoms with E-state index in [0.717, 1.165) is 16.0 Å². The Labute approximate surface area is 363 Å². The maximum Gasteiger partial charge on any atom is 0.308 e. The molecule has 5 rings (SSSR count). The number of carbonyl (C=O) groups excluding carboxylic acids is 2. The predicted molar refractivity (Wildman–Crippen MR) is 227 cm³/mol. The summed E-state index contributed by atoms with van der Waals surface area (Å²) in [6.45, 7) is 9.59.